The molecular formula is C26H28N6O15S. The Bertz CT molecular complexity index is 1650. The Morgan fingerprint density at radius 3 is 2.40 bits per heavy atom. The Morgan fingerprint density at radius 2 is 1.81 bits per heavy atom. The number of methoxy groups -OCH3 is 1. The number of carbonyl (C=O) groups excluding carboxylic acids is 3. The molecule has 0 spiro atoms. The van der Waals surface area contributed by atoms with E-state index in [1.54, 1.807) is 0 Å². The number of aromatic hydroxyl groups is 1. The van der Waals surface area contributed by atoms with E-state index in [0.29, 0.717) is 0 Å². The number of amides is 2. The van der Waals surface area contributed by atoms with E-state index in [1.807, 2.05) is 0 Å². The molecule has 2 aromatic rings. The Kier molecular flexibility index (Phi) is 9.68. The van der Waals surface area contributed by atoms with E-state index in [1.165, 1.54) is 23.9 Å². The minimum Gasteiger partial charge on any atom is -0.508 e. The molecule has 48 heavy (non-hydrogen) atoms. The summed E-state index contributed by atoms with van der Waals surface area (Å²) in [5, 5.41) is 72.9. The van der Waals surface area contributed by atoms with Crippen LogP contribution >= 0.6 is 11.8 Å². The lowest BCUT2D eigenvalue weighted by atomic mass is 9.92. The van der Waals surface area contributed by atoms with Crippen molar-refractivity contribution in [3.05, 3.63) is 41.1 Å². The summed E-state index contributed by atoms with van der Waals surface area (Å²) < 4.78 is 22.8. The van der Waals surface area contributed by atoms with Crippen molar-refractivity contribution in [1.82, 2.24) is 30.4 Å². The fourth-order valence-electron chi connectivity index (χ4n) is 5.18. The van der Waals surface area contributed by atoms with Gasteiger partial charge in [0.1, 0.15) is 29.8 Å². The number of rotatable bonds is 11. The number of nitrogens with zero attached hydrogens (tertiary/aromatic N) is 5. The number of tetrazole rings is 1. The summed E-state index contributed by atoms with van der Waals surface area (Å²) in [7, 11) is 2.56. The van der Waals surface area contributed by atoms with Gasteiger partial charge in [0.2, 0.25) is 17.4 Å². The maximum Gasteiger partial charge on any atom is 0.357 e. The zero-order valence-electron chi connectivity index (χ0n) is 24.8. The zero-order valence-corrected chi connectivity index (χ0v) is 25.6. The summed E-state index contributed by atoms with van der Waals surface area (Å²) in [6.45, 7) is -0.411. The number of esters is 1. The molecule has 0 bridgehead atoms. The number of fused-ring (bicyclic) bond motifs is 1. The highest BCUT2D eigenvalue weighted by Gasteiger charge is 2.68. The average molecular weight is 697 g/mol. The van der Waals surface area contributed by atoms with Crippen LogP contribution in [0, 0.1) is 0 Å². The fourth-order valence-corrected chi connectivity index (χ4v) is 6.02. The number of carboxylic acid groups (broad SMARTS) is 2. The van der Waals surface area contributed by atoms with Crippen LogP contribution < -0.4 is 5.32 Å². The van der Waals surface area contributed by atoms with Gasteiger partial charge in [0.05, 0.1) is 6.61 Å². The smallest absolute Gasteiger partial charge is 0.357 e. The number of aryl methyl sites for hydroxylation is 1. The number of phenolic OH excluding ortho intramolecular Hbond substituents is 1. The van der Waals surface area contributed by atoms with Gasteiger partial charge in [-0.25, -0.2) is 14.3 Å². The SMILES string of the molecule is CO[C@@]1(NC(=O)C(C(=O)O)c2ccc(O)cc2)C(=O)N2C(C(=O)OC3OC(C(=O)O)C(O)C(O)C3O)=C(CSc3nnnn3C)CO[C@@H]21. The Labute approximate surface area is 272 Å². The lowest BCUT2D eigenvalue weighted by Crippen LogP contribution is -2.83. The van der Waals surface area contributed by atoms with Crippen molar-refractivity contribution < 1.29 is 73.6 Å². The summed E-state index contributed by atoms with van der Waals surface area (Å²) in [5.74, 6) is -9.19. The van der Waals surface area contributed by atoms with Crippen molar-refractivity contribution >= 4 is 41.5 Å². The van der Waals surface area contributed by atoms with Gasteiger partial charge in [0.15, 0.2) is 18.2 Å². The molecule has 6 unspecified atom stereocenters. The molecule has 21 nitrogen and oxygen atoms in total. The number of aromatic nitrogens is 4. The van der Waals surface area contributed by atoms with Gasteiger partial charge >= 0.3 is 17.9 Å². The van der Waals surface area contributed by atoms with Crippen LogP contribution in [-0.4, -0.2) is 148 Å². The number of β-lactam (4-membered cyclic amide) rings is 1. The third-order valence-electron chi connectivity index (χ3n) is 7.66. The number of aliphatic hydroxyl groups excluding tert-OH is 3. The van der Waals surface area contributed by atoms with Crippen molar-refractivity contribution in [3.63, 3.8) is 0 Å². The lowest BCUT2D eigenvalue weighted by molar-refractivity contribution is -0.287. The van der Waals surface area contributed by atoms with Gasteiger partial charge in [-0.1, -0.05) is 23.9 Å². The third-order valence-corrected chi connectivity index (χ3v) is 8.76. The van der Waals surface area contributed by atoms with Crippen LogP contribution in [0.15, 0.2) is 40.7 Å². The number of aliphatic carboxylic acids is 2. The van der Waals surface area contributed by atoms with Gasteiger partial charge in [-0.15, -0.1) is 5.10 Å². The number of carboxylic acids is 2. The molecule has 0 radical (unpaired) electrons. The zero-order chi connectivity index (χ0) is 35.1. The summed E-state index contributed by atoms with van der Waals surface area (Å²) in [5.41, 5.74) is -2.81. The number of hydrogen-bond acceptors (Lipinski definition) is 17. The Morgan fingerprint density at radius 1 is 1.12 bits per heavy atom. The van der Waals surface area contributed by atoms with Crippen LogP contribution in [0.4, 0.5) is 0 Å². The highest BCUT2D eigenvalue weighted by molar-refractivity contribution is 7.99. The molecule has 2 saturated heterocycles. The average Bonchev–Trinajstić information content (AvgIpc) is 3.46. The molecule has 258 valence electrons. The van der Waals surface area contributed by atoms with Crippen LogP contribution in [-0.2, 0) is 50.0 Å². The molecule has 1 aromatic carbocycles. The molecule has 4 heterocycles. The molecule has 7 N–H and O–H groups in total. The van der Waals surface area contributed by atoms with Gasteiger partial charge in [0.25, 0.3) is 11.6 Å². The molecule has 5 rings (SSSR count). The number of hydrogen-bond donors (Lipinski definition) is 7. The molecule has 1 aromatic heterocycles. The maximum atomic E-state index is 13.8. The number of ether oxygens (including phenoxy) is 4. The normalized spacial score (nSPS) is 29.0. The first-order chi connectivity index (χ1) is 22.7. The monoisotopic (exact) mass is 696 g/mol. The van der Waals surface area contributed by atoms with Crippen molar-refractivity contribution in [2.45, 2.75) is 53.7 Å². The highest BCUT2D eigenvalue weighted by atomic mass is 32.2. The first-order valence-corrected chi connectivity index (χ1v) is 14.7. The van der Waals surface area contributed by atoms with Crippen molar-refractivity contribution in [3.8, 4) is 5.75 Å². The third kappa shape index (κ3) is 6.05. The van der Waals surface area contributed by atoms with Crippen molar-refractivity contribution in [2.24, 2.45) is 7.05 Å². The van der Waals surface area contributed by atoms with E-state index in [-0.39, 0.29) is 27.8 Å². The maximum absolute atomic E-state index is 13.8. The standard InChI is InChI=1S/C26H28N6O15S/c1-31-25(28-29-30-31)48-8-10-7-45-24-26(44-2,27-18(37)12(19(38)39)9-3-5-11(33)6-4-9)23(43)32(24)13(10)21(42)47-22-16(36)14(34)15(35)17(46-22)20(40)41/h3-6,12,14-17,22,24,33-36H,7-8H2,1-2H3,(H,27,37)(H,38,39)(H,40,41)/t12?,14?,15?,16?,17?,22?,24-,26+/m1/s1. The molecule has 2 amide bonds. The van der Waals surface area contributed by atoms with Gasteiger partial charge in [-0.2, -0.15) is 0 Å². The van der Waals surface area contributed by atoms with Crippen LogP contribution in [0.25, 0.3) is 0 Å². The molecular weight excluding hydrogens is 668 g/mol. The van der Waals surface area contributed by atoms with Gasteiger partial charge in [-0.05, 0) is 33.7 Å². The second kappa shape index (κ2) is 13.4. The van der Waals surface area contributed by atoms with Crippen LogP contribution in [0.2, 0.25) is 0 Å². The molecule has 22 heteroatoms. The van der Waals surface area contributed by atoms with Crippen molar-refractivity contribution in [1.29, 1.82) is 0 Å². The lowest BCUT2D eigenvalue weighted by Gasteiger charge is -2.55. The molecule has 2 fully saturated rings. The van der Waals surface area contributed by atoms with E-state index < -0.39 is 90.6 Å². The Hall–Kier alpha value is -4.71. The van der Waals surface area contributed by atoms with Gasteiger partial charge in [0, 0.05) is 19.9 Å². The predicted molar refractivity (Wildman–Crippen MR) is 150 cm³/mol. The minimum absolute atomic E-state index is 0.0445. The van der Waals surface area contributed by atoms with E-state index in [2.05, 4.69) is 20.8 Å². The Balaban J connectivity index is 1.45. The van der Waals surface area contributed by atoms with Crippen LogP contribution in [0.3, 0.4) is 0 Å². The molecule has 0 aliphatic carbocycles. The van der Waals surface area contributed by atoms with Crippen LogP contribution in [0.1, 0.15) is 11.5 Å². The van der Waals surface area contributed by atoms with E-state index in [9.17, 15) is 54.6 Å². The van der Waals surface area contributed by atoms with Gasteiger partial charge < -0.3 is 54.9 Å². The minimum atomic E-state index is -2.35. The summed E-state index contributed by atoms with van der Waals surface area (Å²) in [6.07, 6.45) is -12.1. The molecule has 0 saturated carbocycles. The number of phenols is 1. The number of aliphatic hydroxyl groups is 3. The first kappa shape index (κ1) is 34.6. The van der Waals surface area contributed by atoms with Crippen molar-refractivity contribution in [2.75, 3.05) is 19.5 Å². The molecule has 3 aliphatic heterocycles. The van der Waals surface area contributed by atoms with Gasteiger partial charge in [-0.3, -0.25) is 19.3 Å². The number of carbonyl (C=O) groups is 5. The van der Waals surface area contributed by atoms with E-state index in [0.717, 1.165) is 35.9 Å². The topological polar surface area (TPSA) is 303 Å². The summed E-state index contributed by atoms with van der Waals surface area (Å²) in [6, 6.07) is 4.71. The second-order valence-electron chi connectivity index (χ2n) is 10.6. The second-order valence-corrected chi connectivity index (χ2v) is 11.5. The molecule has 8 atom stereocenters. The van der Waals surface area contributed by atoms with E-state index >= 15 is 0 Å². The van der Waals surface area contributed by atoms with E-state index in [4.69, 9.17) is 18.9 Å². The summed E-state index contributed by atoms with van der Waals surface area (Å²) in [4.78, 5) is 65.2. The fraction of sp³-hybridized carbons (Fsp3) is 0.462. The largest absolute Gasteiger partial charge is 0.508 e. The first-order valence-electron chi connectivity index (χ1n) is 13.8. The number of thioether (sulfide) groups is 1. The summed E-state index contributed by atoms with van der Waals surface area (Å²) >= 11 is 1.01. The van der Waals surface area contributed by atoms with Crippen LogP contribution in [0.5, 0.6) is 5.75 Å². The predicted octanol–water partition coefficient (Wildman–Crippen LogP) is -3.78. The quantitative estimate of drug-likeness (QED) is 0.0390. The number of nitrogens with one attached hydrogen (secondary N) is 1. The number of benzene rings is 1. The molecule has 3 aliphatic rings. The highest BCUT2D eigenvalue weighted by Crippen LogP contribution is 2.42.